The van der Waals surface area contributed by atoms with Crippen LogP contribution in [0, 0.1) is 9.49 Å². The van der Waals surface area contributed by atoms with Gasteiger partial charge in [-0.1, -0.05) is 0 Å². The summed E-state index contributed by atoms with van der Waals surface area (Å²) < 4.78 is 1.86. The minimum Gasteiger partial charge on any atom is -0.345 e. The lowest BCUT2D eigenvalue weighted by Gasteiger charge is -2.29. The average molecular weight is 423 g/mol. The molecule has 1 amide bonds. The van der Waals surface area contributed by atoms with Crippen LogP contribution in [-0.4, -0.2) is 18.0 Å². The number of nitrogens with one attached hydrogen (secondary N) is 1. The third-order valence-corrected chi connectivity index (χ3v) is 4.84. The van der Waals surface area contributed by atoms with Gasteiger partial charge in [0.1, 0.15) is 0 Å². The molecule has 18 heavy (non-hydrogen) atoms. The summed E-state index contributed by atoms with van der Waals surface area (Å²) in [5.41, 5.74) is 6.20. The Morgan fingerprint density at radius 2 is 2.28 bits per heavy atom. The molecule has 1 aromatic rings. The van der Waals surface area contributed by atoms with Gasteiger partial charge in [-0.05, 0) is 82.4 Å². The standard InChI is InChI=1S/C13H16BrIN2O/c1-13(7-16,8-2-3-8)17-12(18)10-6-9(15)4-5-11(10)14/h4-6,8H,2-3,7,16H2,1H3,(H,17,18). The summed E-state index contributed by atoms with van der Waals surface area (Å²) in [6.45, 7) is 2.51. The fraction of sp³-hybridized carbons (Fsp3) is 0.462. The first-order chi connectivity index (χ1) is 8.46. The molecule has 1 aromatic carbocycles. The number of nitrogens with two attached hydrogens (primary N) is 1. The SMILES string of the molecule is CC(CN)(NC(=O)c1cc(I)ccc1Br)C1CC1. The fourth-order valence-corrected chi connectivity index (χ4v) is 2.96. The molecule has 1 aliphatic rings. The van der Waals surface area contributed by atoms with Crippen molar-refractivity contribution in [3.8, 4) is 0 Å². The summed E-state index contributed by atoms with van der Waals surface area (Å²) in [6, 6.07) is 5.74. The van der Waals surface area contributed by atoms with Crippen molar-refractivity contribution in [3.05, 3.63) is 31.8 Å². The number of carbonyl (C=O) groups is 1. The molecule has 1 atom stereocenters. The van der Waals surface area contributed by atoms with Gasteiger partial charge in [-0.25, -0.2) is 0 Å². The van der Waals surface area contributed by atoms with Crippen LogP contribution in [0.3, 0.4) is 0 Å². The molecule has 0 radical (unpaired) electrons. The molecule has 1 fully saturated rings. The van der Waals surface area contributed by atoms with E-state index < -0.39 is 0 Å². The monoisotopic (exact) mass is 422 g/mol. The van der Waals surface area contributed by atoms with Crippen molar-refractivity contribution >= 4 is 44.4 Å². The third kappa shape index (κ3) is 3.05. The molecule has 5 heteroatoms. The molecule has 3 nitrogen and oxygen atoms in total. The van der Waals surface area contributed by atoms with E-state index in [1.807, 2.05) is 25.1 Å². The summed E-state index contributed by atoms with van der Waals surface area (Å²) in [7, 11) is 0. The molecule has 0 aliphatic heterocycles. The number of rotatable bonds is 4. The Morgan fingerprint density at radius 3 is 2.83 bits per heavy atom. The highest BCUT2D eigenvalue weighted by Gasteiger charge is 2.41. The molecule has 0 bridgehead atoms. The van der Waals surface area contributed by atoms with Crippen LogP contribution < -0.4 is 11.1 Å². The van der Waals surface area contributed by atoms with Crippen molar-refractivity contribution in [1.82, 2.24) is 5.32 Å². The van der Waals surface area contributed by atoms with Crippen LogP contribution in [0.25, 0.3) is 0 Å². The number of carbonyl (C=O) groups excluding carboxylic acids is 1. The van der Waals surface area contributed by atoms with Crippen LogP contribution in [0.15, 0.2) is 22.7 Å². The van der Waals surface area contributed by atoms with Crippen LogP contribution >= 0.6 is 38.5 Å². The minimum atomic E-state index is -0.280. The van der Waals surface area contributed by atoms with Crippen molar-refractivity contribution in [2.45, 2.75) is 25.3 Å². The highest BCUT2D eigenvalue weighted by Crippen LogP contribution is 2.39. The first-order valence-electron chi connectivity index (χ1n) is 5.94. The molecule has 0 spiro atoms. The predicted molar refractivity (Wildman–Crippen MR) is 84.5 cm³/mol. The maximum Gasteiger partial charge on any atom is 0.252 e. The Kier molecular flexibility index (Phi) is 4.33. The molecule has 3 N–H and O–H groups in total. The van der Waals surface area contributed by atoms with Crippen LogP contribution in [0.4, 0.5) is 0 Å². The van der Waals surface area contributed by atoms with Crippen molar-refractivity contribution in [3.63, 3.8) is 0 Å². The molecule has 1 unspecified atom stereocenters. The lowest BCUT2D eigenvalue weighted by molar-refractivity contribution is 0.0897. The van der Waals surface area contributed by atoms with Gasteiger partial charge in [-0.2, -0.15) is 0 Å². The molecule has 98 valence electrons. The number of hydrogen-bond acceptors (Lipinski definition) is 2. The third-order valence-electron chi connectivity index (χ3n) is 3.47. The van der Waals surface area contributed by atoms with Crippen molar-refractivity contribution in [2.24, 2.45) is 11.7 Å². The fourth-order valence-electron chi connectivity index (χ4n) is 2.04. The van der Waals surface area contributed by atoms with E-state index in [0.717, 1.165) is 20.9 Å². The van der Waals surface area contributed by atoms with E-state index in [1.165, 1.54) is 0 Å². The number of halogens is 2. The molecule has 2 rings (SSSR count). The first-order valence-corrected chi connectivity index (χ1v) is 7.81. The van der Waals surface area contributed by atoms with Gasteiger partial charge in [-0.15, -0.1) is 0 Å². The van der Waals surface area contributed by atoms with Crippen molar-refractivity contribution in [2.75, 3.05) is 6.54 Å². The zero-order valence-corrected chi connectivity index (χ0v) is 13.9. The second-order valence-corrected chi connectivity index (χ2v) is 7.07. The van der Waals surface area contributed by atoms with E-state index in [2.05, 4.69) is 43.8 Å². The molecule has 0 heterocycles. The second kappa shape index (κ2) is 5.46. The highest BCUT2D eigenvalue weighted by molar-refractivity contribution is 14.1. The molecule has 1 saturated carbocycles. The van der Waals surface area contributed by atoms with E-state index in [4.69, 9.17) is 5.73 Å². The number of amides is 1. The lowest BCUT2D eigenvalue weighted by atomic mass is 9.95. The molecule has 0 aromatic heterocycles. The van der Waals surface area contributed by atoms with Gasteiger partial charge < -0.3 is 11.1 Å². The van der Waals surface area contributed by atoms with E-state index in [-0.39, 0.29) is 11.4 Å². The first kappa shape index (κ1) is 14.3. The predicted octanol–water partition coefficient (Wildman–Crippen LogP) is 2.91. The van der Waals surface area contributed by atoms with E-state index in [1.54, 1.807) is 0 Å². The van der Waals surface area contributed by atoms with Crippen LogP contribution in [0.1, 0.15) is 30.1 Å². The molecular formula is C13H16BrIN2O. The molecule has 0 saturated heterocycles. The Bertz CT molecular complexity index is 476. The number of hydrogen-bond donors (Lipinski definition) is 2. The Balaban J connectivity index is 2.18. The van der Waals surface area contributed by atoms with Gasteiger partial charge in [0.05, 0.1) is 11.1 Å². The van der Waals surface area contributed by atoms with Crippen LogP contribution in [-0.2, 0) is 0 Å². The van der Waals surface area contributed by atoms with Gasteiger partial charge in [0.2, 0.25) is 0 Å². The Morgan fingerprint density at radius 1 is 1.61 bits per heavy atom. The quantitative estimate of drug-likeness (QED) is 0.733. The summed E-state index contributed by atoms with van der Waals surface area (Å²) in [4.78, 5) is 12.3. The van der Waals surface area contributed by atoms with E-state index >= 15 is 0 Å². The lowest BCUT2D eigenvalue weighted by Crippen LogP contribution is -2.53. The van der Waals surface area contributed by atoms with Crippen molar-refractivity contribution in [1.29, 1.82) is 0 Å². The summed E-state index contributed by atoms with van der Waals surface area (Å²) >= 11 is 5.62. The second-order valence-electron chi connectivity index (χ2n) is 4.97. The van der Waals surface area contributed by atoms with Crippen LogP contribution in [0.5, 0.6) is 0 Å². The average Bonchev–Trinajstić information content (AvgIpc) is 3.16. The zero-order chi connectivity index (χ0) is 13.3. The topological polar surface area (TPSA) is 55.1 Å². The smallest absolute Gasteiger partial charge is 0.252 e. The summed E-state index contributed by atoms with van der Waals surface area (Å²) in [5, 5.41) is 3.09. The van der Waals surface area contributed by atoms with Gasteiger partial charge in [0, 0.05) is 14.6 Å². The van der Waals surface area contributed by atoms with E-state index in [9.17, 15) is 4.79 Å². The largest absolute Gasteiger partial charge is 0.345 e. The molecular weight excluding hydrogens is 407 g/mol. The number of benzene rings is 1. The van der Waals surface area contributed by atoms with Gasteiger partial charge in [0.25, 0.3) is 5.91 Å². The van der Waals surface area contributed by atoms with Gasteiger partial charge >= 0.3 is 0 Å². The molecule has 1 aliphatic carbocycles. The Labute approximate surface area is 129 Å². The maximum atomic E-state index is 12.3. The zero-order valence-electron chi connectivity index (χ0n) is 10.2. The van der Waals surface area contributed by atoms with Crippen LogP contribution in [0.2, 0.25) is 0 Å². The summed E-state index contributed by atoms with van der Waals surface area (Å²) in [6.07, 6.45) is 2.31. The normalized spacial score (nSPS) is 18.2. The highest BCUT2D eigenvalue weighted by atomic mass is 127. The minimum absolute atomic E-state index is 0.0553. The summed E-state index contributed by atoms with van der Waals surface area (Å²) in [5.74, 6) is 0.466. The Hall–Kier alpha value is -0.140. The maximum absolute atomic E-state index is 12.3. The van der Waals surface area contributed by atoms with E-state index in [0.29, 0.717) is 18.0 Å². The van der Waals surface area contributed by atoms with Gasteiger partial charge in [-0.3, -0.25) is 4.79 Å². The van der Waals surface area contributed by atoms with Crippen molar-refractivity contribution < 1.29 is 4.79 Å². The van der Waals surface area contributed by atoms with Gasteiger partial charge in [0.15, 0.2) is 0 Å².